The van der Waals surface area contributed by atoms with Crippen molar-refractivity contribution < 1.29 is 28.6 Å². The van der Waals surface area contributed by atoms with E-state index in [9.17, 15) is 14.4 Å². The molecule has 0 radical (unpaired) electrons. The first-order valence-electron chi connectivity index (χ1n) is 13.2. The fraction of sp³-hybridized carbons (Fsp3) is 0.467. The van der Waals surface area contributed by atoms with Crippen molar-refractivity contribution in [1.29, 1.82) is 0 Å². The number of nitrogens with zero attached hydrogens (tertiary/aromatic N) is 2. The van der Waals surface area contributed by atoms with Gasteiger partial charge in [-0.15, -0.1) is 0 Å². The molecule has 1 aliphatic carbocycles. The number of benzene rings is 2. The molecule has 3 heterocycles. The first-order valence-corrected chi connectivity index (χ1v) is 13.2. The number of hydrogen-bond acceptors (Lipinski definition) is 8. The minimum Gasteiger partial charge on any atom is -0.497 e. The van der Waals surface area contributed by atoms with E-state index < -0.39 is 46.6 Å². The lowest BCUT2D eigenvalue weighted by Gasteiger charge is -2.45. The lowest BCUT2D eigenvalue weighted by Crippen LogP contribution is -2.59. The minimum atomic E-state index is -1.83. The molecule has 2 aromatic carbocycles. The van der Waals surface area contributed by atoms with Crippen molar-refractivity contribution in [3.05, 3.63) is 65.2 Å². The summed E-state index contributed by atoms with van der Waals surface area (Å²) in [5.74, 6) is -2.94. The molecule has 0 amide bonds. The molecule has 0 bridgehead atoms. The fourth-order valence-electron chi connectivity index (χ4n) is 6.65. The number of hydrazone groups is 1. The van der Waals surface area contributed by atoms with Crippen molar-refractivity contribution in [2.24, 2.45) is 15.9 Å². The number of esters is 2. The summed E-state index contributed by atoms with van der Waals surface area (Å²) in [7, 11) is 1.57. The molecule has 8 nitrogen and oxygen atoms in total. The van der Waals surface area contributed by atoms with Gasteiger partial charge in [0.05, 0.1) is 13.3 Å². The van der Waals surface area contributed by atoms with Gasteiger partial charge in [-0.1, -0.05) is 57.2 Å². The number of carbonyl (C=O) groups excluding carboxylic acids is 3. The van der Waals surface area contributed by atoms with E-state index in [-0.39, 0.29) is 5.78 Å². The molecule has 0 unspecified atom stereocenters. The summed E-state index contributed by atoms with van der Waals surface area (Å²) in [4.78, 5) is 43.1. The first kappa shape index (κ1) is 24.6. The lowest BCUT2D eigenvalue weighted by molar-refractivity contribution is -0.263. The van der Waals surface area contributed by atoms with Gasteiger partial charge in [-0.25, -0.2) is 0 Å². The van der Waals surface area contributed by atoms with Crippen molar-refractivity contribution in [3.63, 3.8) is 0 Å². The smallest absolute Gasteiger partial charge is 0.330 e. The molecular formula is C30H32N2O6. The number of ether oxygens (including phenoxy) is 3. The minimum absolute atomic E-state index is 0.126. The number of methoxy groups -OCH3 is 1. The average Bonchev–Trinajstić information content (AvgIpc) is 3.47. The molecule has 3 aliphatic heterocycles. The Morgan fingerprint density at radius 1 is 1.00 bits per heavy atom. The zero-order chi connectivity index (χ0) is 26.9. The van der Waals surface area contributed by atoms with Crippen molar-refractivity contribution >= 4 is 23.9 Å². The van der Waals surface area contributed by atoms with Crippen LogP contribution in [0, 0.1) is 10.8 Å². The van der Waals surface area contributed by atoms with Gasteiger partial charge in [0.2, 0.25) is 5.41 Å². The van der Waals surface area contributed by atoms with Gasteiger partial charge in [0.25, 0.3) is 5.79 Å². The first-order chi connectivity index (χ1) is 18.1. The third-order valence-electron chi connectivity index (χ3n) is 8.49. The van der Waals surface area contributed by atoms with Crippen LogP contribution >= 0.6 is 0 Å². The molecule has 2 spiro atoms. The Morgan fingerprint density at radius 2 is 1.63 bits per heavy atom. The summed E-state index contributed by atoms with van der Waals surface area (Å²) >= 11 is 0. The van der Waals surface area contributed by atoms with Crippen LogP contribution in [0.25, 0.3) is 0 Å². The van der Waals surface area contributed by atoms with Gasteiger partial charge in [0.15, 0.2) is 5.78 Å². The van der Waals surface area contributed by atoms with Crippen LogP contribution in [-0.4, -0.2) is 47.9 Å². The topological polar surface area (TPSA) is 94.5 Å². The van der Waals surface area contributed by atoms with Crippen molar-refractivity contribution in [2.45, 2.75) is 70.2 Å². The van der Waals surface area contributed by atoms with Crippen LogP contribution in [0.2, 0.25) is 0 Å². The molecule has 2 aromatic rings. The summed E-state index contributed by atoms with van der Waals surface area (Å²) in [5.41, 5.74) is -0.435. The Balaban J connectivity index is 1.62. The predicted molar refractivity (Wildman–Crippen MR) is 138 cm³/mol. The van der Waals surface area contributed by atoms with E-state index >= 15 is 0 Å². The molecule has 3 fully saturated rings. The largest absolute Gasteiger partial charge is 0.497 e. The van der Waals surface area contributed by atoms with Gasteiger partial charge in [-0.05, 0) is 41.7 Å². The van der Waals surface area contributed by atoms with Crippen LogP contribution in [0.5, 0.6) is 5.75 Å². The number of Topliss-reactive ketones (excluding diaryl/α,β-unsaturated/α-hetero) is 1. The maximum atomic E-state index is 14.4. The second-order valence-corrected chi connectivity index (χ2v) is 11.7. The number of rotatable bonds is 3. The van der Waals surface area contributed by atoms with Crippen LogP contribution in [0.1, 0.15) is 75.1 Å². The van der Waals surface area contributed by atoms with Crippen LogP contribution in [0.3, 0.4) is 0 Å². The van der Waals surface area contributed by atoms with Crippen molar-refractivity contribution in [3.8, 4) is 5.75 Å². The highest BCUT2D eigenvalue weighted by atomic mass is 16.7. The van der Waals surface area contributed by atoms with Crippen LogP contribution in [0.4, 0.5) is 0 Å². The Bertz CT molecular complexity index is 1320. The normalized spacial score (nSPS) is 26.6. The monoisotopic (exact) mass is 516 g/mol. The highest BCUT2D eigenvalue weighted by Crippen LogP contribution is 2.64. The molecule has 6 rings (SSSR count). The third-order valence-corrected chi connectivity index (χ3v) is 8.49. The van der Waals surface area contributed by atoms with Gasteiger partial charge in [0, 0.05) is 24.2 Å². The lowest BCUT2D eigenvalue weighted by atomic mass is 9.64. The molecule has 4 aliphatic rings. The highest BCUT2D eigenvalue weighted by Gasteiger charge is 2.76. The number of ketones is 1. The van der Waals surface area contributed by atoms with Gasteiger partial charge < -0.3 is 14.2 Å². The summed E-state index contributed by atoms with van der Waals surface area (Å²) in [6, 6.07) is 12.9. The second kappa shape index (κ2) is 8.41. The Hall–Kier alpha value is -3.68. The van der Waals surface area contributed by atoms with Gasteiger partial charge in [-0.3, -0.25) is 19.4 Å². The van der Waals surface area contributed by atoms with Crippen LogP contribution < -0.4 is 4.74 Å². The third kappa shape index (κ3) is 3.35. The standard InChI is InChI=1S/C30H32N2O6/c1-28(2,3)25(33)23-22(18-11-13-20(36-4)14-12-18)30(24-21-10-6-5-9-19(21)17-31-32(23)24)26(34)37-29(38-27(30)35)15-7-8-16-29/h5-6,9-14,17,22-24H,7-8,15-16H2,1-4H3/t22-,23+,24+/m0/s1. The number of hydrogen-bond donors (Lipinski definition) is 0. The quantitative estimate of drug-likeness (QED) is 0.437. The molecule has 8 heteroatoms. The zero-order valence-electron chi connectivity index (χ0n) is 22.1. The molecule has 198 valence electrons. The summed E-state index contributed by atoms with van der Waals surface area (Å²) in [6.07, 6.45) is 4.26. The van der Waals surface area contributed by atoms with E-state index in [1.807, 2.05) is 57.2 Å². The molecule has 3 atom stereocenters. The molecule has 38 heavy (non-hydrogen) atoms. The molecular weight excluding hydrogens is 484 g/mol. The molecule has 2 saturated heterocycles. The maximum Gasteiger partial charge on any atom is 0.330 e. The highest BCUT2D eigenvalue weighted by molar-refractivity contribution is 6.07. The van der Waals surface area contributed by atoms with Gasteiger partial charge in [-0.2, -0.15) is 5.10 Å². The summed E-state index contributed by atoms with van der Waals surface area (Å²) in [6.45, 7) is 5.52. The second-order valence-electron chi connectivity index (χ2n) is 11.7. The predicted octanol–water partition coefficient (Wildman–Crippen LogP) is 4.52. The summed E-state index contributed by atoms with van der Waals surface area (Å²) in [5, 5.41) is 6.37. The van der Waals surface area contributed by atoms with Gasteiger partial charge in [0.1, 0.15) is 17.8 Å². The maximum absolute atomic E-state index is 14.4. The van der Waals surface area contributed by atoms with Crippen LogP contribution in [0.15, 0.2) is 53.6 Å². The van der Waals surface area contributed by atoms with Crippen molar-refractivity contribution in [1.82, 2.24) is 5.01 Å². The zero-order valence-corrected chi connectivity index (χ0v) is 22.1. The van der Waals surface area contributed by atoms with Crippen LogP contribution in [-0.2, 0) is 23.9 Å². The molecule has 1 saturated carbocycles. The van der Waals surface area contributed by atoms with E-state index in [0.29, 0.717) is 24.2 Å². The van der Waals surface area contributed by atoms with Crippen molar-refractivity contribution in [2.75, 3.05) is 7.11 Å². The fourth-order valence-corrected chi connectivity index (χ4v) is 6.65. The molecule has 0 aromatic heterocycles. The van der Waals surface area contributed by atoms with E-state index in [4.69, 9.17) is 19.3 Å². The van der Waals surface area contributed by atoms with Gasteiger partial charge >= 0.3 is 11.9 Å². The number of carbonyl (C=O) groups is 3. The molecule has 0 N–H and O–H groups in total. The summed E-state index contributed by atoms with van der Waals surface area (Å²) < 4.78 is 17.6. The SMILES string of the molecule is COc1ccc([C@H]2[C@H](C(=O)C(C)(C)C)N3N=Cc4ccccc4[C@@H]3C23C(=O)OC2(CCCC2)OC3=O)cc1. The van der Waals surface area contributed by atoms with E-state index in [1.165, 1.54) is 0 Å². The average molecular weight is 517 g/mol. The van der Waals surface area contributed by atoms with E-state index in [1.54, 1.807) is 30.5 Å². The Labute approximate surface area is 221 Å². The Morgan fingerprint density at radius 3 is 2.24 bits per heavy atom. The number of fused-ring (bicyclic) bond motifs is 4. The van der Waals surface area contributed by atoms with E-state index in [0.717, 1.165) is 24.0 Å². The van der Waals surface area contributed by atoms with E-state index in [2.05, 4.69) is 0 Å². The Kier molecular flexibility index (Phi) is 5.46.